The molecule has 0 unspecified atom stereocenters. The van der Waals surface area contributed by atoms with Crippen LogP contribution in [-0.4, -0.2) is 26.1 Å². The topological polar surface area (TPSA) is 32.3 Å². The molecule has 0 fully saturated rings. The highest BCUT2D eigenvalue weighted by Crippen LogP contribution is 2.37. The summed E-state index contributed by atoms with van der Waals surface area (Å²) in [7, 11) is 3.72. The summed E-state index contributed by atoms with van der Waals surface area (Å²) in [5, 5.41) is 4.34. The molecule has 3 aromatic carbocycles. The van der Waals surface area contributed by atoms with Crippen molar-refractivity contribution in [3.63, 3.8) is 0 Å². The minimum atomic E-state index is -4.95. The van der Waals surface area contributed by atoms with Gasteiger partial charge in [0.1, 0.15) is 0 Å². The second kappa shape index (κ2) is 6.95. The van der Waals surface area contributed by atoms with Gasteiger partial charge in [-0.15, -0.1) is 0 Å². The Kier molecular flexibility index (Phi) is 4.83. The normalized spacial score (nSPS) is 11.5. The number of nitrogens with zero attached hydrogens (tertiary/aromatic N) is 1. The summed E-state index contributed by atoms with van der Waals surface area (Å²) >= 11 is 0. The van der Waals surface area contributed by atoms with Gasteiger partial charge in [0.25, 0.3) is 5.78 Å². The Labute approximate surface area is 155 Å². The molecule has 0 aliphatic heterocycles. The lowest BCUT2D eigenvalue weighted by atomic mass is 9.99. The van der Waals surface area contributed by atoms with Crippen LogP contribution in [-0.2, 0) is 0 Å². The number of carbonyl (C=O) groups is 1. The van der Waals surface area contributed by atoms with Gasteiger partial charge in [-0.3, -0.25) is 4.79 Å². The third-order valence-electron chi connectivity index (χ3n) is 4.34. The van der Waals surface area contributed by atoms with Gasteiger partial charge >= 0.3 is 6.18 Å². The Hall–Kier alpha value is -3.02. The Balaban J connectivity index is 2.25. The molecule has 0 saturated heterocycles. The van der Waals surface area contributed by atoms with Crippen molar-refractivity contribution < 1.29 is 18.0 Å². The van der Waals surface area contributed by atoms with Crippen molar-refractivity contribution >= 4 is 33.6 Å². The lowest BCUT2D eigenvalue weighted by Crippen LogP contribution is -2.23. The molecule has 1 N–H and O–H groups in total. The number of halogens is 3. The van der Waals surface area contributed by atoms with Crippen LogP contribution in [0.25, 0.3) is 10.8 Å². The monoisotopic (exact) mass is 372 g/mol. The third-order valence-corrected chi connectivity index (χ3v) is 4.34. The van der Waals surface area contributed by atoms with Gasteiger partial charge in [-0.2, -0.15) is 13.2 Å². The van der Waals surface area contributed by atoms with E-state index in [-0.39, 0.29) is 5.69 Å². The first kappa shape index (κ1) is 18.8. The average molecular weight is 372 g/mol. The van der Waals surface area contributed by atoms with Gasteiger partial charge in [-0.25, -0.2) is 0 Å². The summed E-state index contributed by atoms with van der Waals surface area (Å²) in [6, 6.07) is 15.4. The van der Waals surface area contributed by atoms with Crippen molar-refractivity contribution in [1.29, 1.82) is 0 Å². The standard InChI is InChI=1S/C21H19F3N2O/c1-13-7-9-14(10-8-13)25-19-16-5-4-6-18(26(2)3)15(16)11-12-17(19)20(27)21(22,23)24/h4-12,25H,1-3H3. The molecule has 140 valence electrons. The zero-order valence-electron chi connectivity index (χ0n) is 15.2. The van der Waals surface area contributed by atoms with Gasteiger partial charge in [-0.1, -0.05) is 35.9 Å². The van der Waals surface area contributed by atoms with Crippen molar-refractivity contribution in [2.24, 2.45) is 0 Å². The first-order valence-corrected chi connectivity index (χ1v) is 8.37. The lowest BCUT2D eigenvalue weighted by molar-refractivity contribution is -0.0884. The summed E-state index contributed by atoms with van der Waals surface area (Å²) in [6.07, 6.45) is -4.95. The van der Waals surface area contributed by atoms with E-state index in [4.69, 9.17) is 0 Å². The minimum absolute atomic E-state index is 0.155. The van der Waals surface area contributed by atoms with Crippen molar-refractivity contribution in [2.75, 3.05) is 24.3 Å². The van der Waals surface area contributed by atoms with E-state index in [2.05, 4.69) is 5.32 Å². The molecule has 0 heterocycles. The molecule has 0 aliphatic rings. The SMILES string of the molecule is Cc1ccc(Nc2c(C(=O)C(F)(F)F)ccc3c(N(C)C)cccc23)cc1. The fraction of sp³-hybridized carbons (Fsp3) is 0.190. The molecule has 0 saturated carbocycles. The van der Waals surface area contributed by atoms with Crippen LogP contribution in [0.15, 0.2) is 54.6 Å². The maximum atomic E-state index is 13.1. The van der Waals surface area contributed by atoms with Gasteiger partial charge < -0.3 is 10.2 Å². The highest BCUT2D eigenvalue weighted by Gasteiger charge is 2.40. The molecule has 27 heavy (non-hydrogen) atoms. The van der Waals surface area contributed by atoms with Gasteiger partial charge in [0, 0.05) is 36.2 Å². The first-order chi connectivity index (χ1) is 12.7. The van der Waals surface area contributed by atoms with E-state index in [0.717, 1.165) is 16.6 Å². The molecule has 3 rings (SSSR count). The molecule has 0 aromatic heterocycles. The Morgan fingerprint density at radius 1 is 0.926 bits per heavy atom. The predicted molar refractivity (Wildman–Crippen MR) is 103 cm³/mol. The number of ketones is 1. The maximum absolute atomic E-state index is 13.1. The summed E-state index contributed by atoms with van der Waals surface area (Å²) in [6.45, 7) is 1.92. The molecule has 0 aliphatic carbocycles. The number of alkyl halides is 3. The highest BCUT2D eigenvalue weighted by molar-refractivity contribution is 6.14. The van der Waals surface area contributed by atoms with Crippen LogP contribution in [0, 0.1) is 6.92 Å². The first-order valence-electron chi connectivity index (χ1n) is 8.37. The number of Topliss-reactive ketones (excluding diaryl/α,β-unsaturated/α-hetero) is 1. The fourth-order valence-electron chi connectivity index (χ4n) is 2.99. The third kappa shape index (κ3) is 3.74. The van der Waals surface area contributed by atoms with Crippen LogP contribution in [0.4, 0.5) is 30.2 Å². The van der Waals surface area contributed by atoms with E-state index in [9.17, 15) is 18.0 Å². The predicted octanol–water partition coefficient (Wildman–Crippen LogP) is 5.70. The Morgan fingerprint density at radius 3 is 2.19 bits per heavy atom. The van der Waals surface area contributed by atoms with E-state index in [1.54, 1.807) is 30.3 Å². The zero-order chi connectivity index (χ0) is 19.8. The van der Waals surface area contributed by atoms with Crippen LogP contribution in [0.5, 0.6) is 0 Å². The molecule has 0 radical (unpaired) electrons. The summed E-state index contributed by atoms with van der Waals surface area (Å²) in [5.74, 6) is -1.87. The van der Waals surface area contributed by atoms with Crippen molar-refractivity contribution in [3.8, 4) is 0 Å². The number of hydrogen-bond donors (Lipinski definition) is 1. The largest absolute Gasteiger partial charge is 0.454 e. The molecule has 0 bridgehead atoms. The van der Waals surface area contributed by atoms with Crippen LogP contribution in [0.1, 0.15) is 15.9 Å². The van der Waals surface area contributed by atoms with Crippen LogP contribution >= 0.6 is 0 Å². The number of rotatable bonds is 4. The second-order valence-corrected chi connectivity index (χ2v) is 6.57. The van der Waals surface area contributed by atoms with Gasteiger partial charge in [0.2, 0.25) is 0 Å². The van der Waals surface area contributed by atoms with Crippen molar-refractivity contribution in [3.05, 3.63) is 65.7 Å². The van der Waals surface area contributed by atoms with E-state index < -0.39 is 17.5 Å². The summed E-state index contributed by atoms with van der Waals surface area (Å²) < 4.78 is 39.4. The van der Waals surface area contributed by atoms with Gasteiger partial charge in [0.05, 0.1) is 11.3 Å². The summed E-state index contributed by atoms with van der Waals surface area (Å²) in [4.78, 5) is 13.9. The molecule has 6 heteroatoms. The fourth-order valence-corrected chi connectivity index (χ4v) is 2.99. The lowest BCUT2D eigenvalue weighted by Gasteiger charge is -2.20. The number of anilines is 3. The second-order valence-electron chi connectivity index (χ2n) is 6.57. The molecular weight excluding hydrogens is 353 g/mol. The number of fused-ring (bicyclic) bond motifs is 1. The maximum Gasteiger partial charge on any atom is 0.454 e. The minimum Gasteiger partial charge on any atom is -0.377 e. The van der Waals surface area contributed by atoms with Crippen LogP contribution in [0.2, 0.25) is 0 Å². The molecule has 0 amide bonds. The molecular formula is C21H19F3N2O. The van der Waals surface area contributed by atoms with E-state index in [1.165, 1.54) is 6.07 Å². The Morgan fingerprint density at radius 2 is 1.59 bits per heavy atom. The molecule has 3 nitrogen and oxygen atoms in total. The number of carbonyl (C=O) groups excluding carboxylic acids is 1. The average Bonchev–Trinajstić information content (AvgIpc) is 2.61. The number of hydrogen-bond acceptors (Lipinski definition) is 3. The highest BCUT2D eigenvalue weighted by atomic mass is 19.4. The Bertz CT molecular complexity index is 993. The van der Waals surface area contributed by atoms with E-state index in [0.29, 0.717) is 11.1 Å². The molecule has 0 atom stereocenters. The quantitative estimate of drug-likeness (QED) is 0.596. The van der Waals surface area contributed by atoms with Crippen LogP contribution in [0.3, 0.4) is 0 Å². The zero-order valence-corrected chi connectivity index (χ0v) is 15.2. The smallest absolute Gasteiger partial charge is 0.377 e. The van der Waals surface area contributed by atoms with Gasteiger partial charge in [-0.05, 0) is 31.2 Å². The summed E-state index contributed by atoms with van der Waals surface area (Å²) in [5.41, 5.74) is 2.25. The number of benzene rings is 3. The van der Waals surface area contributed by atoms with Gasteiger partial charge in [0.15, 0.2) is 0 Å². The van der Waals surface area contributed by atoms with E-state index >= 15 is 0 Å². The van der Waals surface area contributed by atoms with E-state index in [1.807, 2.05) is 44.1 Å². The number of nitrogens with one attached hydrogen (secondary N) is 1. The molecule has 3 aromatic rings. The number of aryl methyl sites for hydroxylation is 1. The van der Waals surface area contributed by atoms with Crippen LogP contribution < -0.4 is 10.2 Å². The van der Waals surface area contributed by atoms with Crippen molar-refractivity contribution in [2.45, 2.75) is 13.1 Å². The molecule has 0 spiro atoms. The van der Waals surface area contributed by atoms with Crippen molar-refractivity contribution in [1.82, 2.24) is 0 Å².